The molecule has 1 aromatic heterocycles. The highest BCUT2D eigenvalue weighted by Gasteiger charge is 2.30. The van der Waals surface area contributed by atoms with E-state index in [1.54, 1.807) is 18.3 Å². The molecule has 1 amide bonds. The van der Waals surface area contributed by atoms with Crippen LogP contribution in [0.25, 0.3) is 22.3 Å². The minimum absolute atomic E-state index is 0.0222. The number of nitrogens with two attached hydrogens (primary N) is 2. The molecule has 0 bridgehead atoms. The third-order valence-electron chi connectivity index (χ3n) is 6.14. The van der Waals surface area contributed by atoms with Gasteiger partial charge in [0.15, 0.2) is 0 Å². The number of carbonyl (C=O) groups excluding carboxylic acids is 1. The summed E-state index contributed by atoms with van der Waals surface area (Å²) < 4.78 is 38.8. The summed E-state index contributed by atoms with van der Waals surface area (Å²) in [5.41, 5.74) is 15.5. The third-order valence-corrected chi connectivity index (χ3v) is 6.14. The van der Waals surface area contributed by atoms with Crippen LogP contribution < -0.4 is 11.5 Å². The molecule has 2 aromatic carbocycles. The Kier molecular flexibility index (Phi) is 6.12. The molecule has 33 heavy (non-hydrogen) atoms. The van der Waals surface area contributed by atoms with Crippen molar-refractivity contribution in [3.63, 3.8) is 0 Å². The second kappa shape index (κ2) is 8.86. The molecule has 4 N–H and O–H groups in total. The lowest BCUT2D eigenvalue weighted by molar-refractivity contribution is -0.137. The maximum Gasteiger partial charge on any atom is 0.416 e. The van der Waals surface area contributed by atoms with E-state index >= 15 is 0 Å². The van der Waals surface area contributed by atoms with Crippen LogP contribution in [0.3, 0.4) is 0 Å². The van der Waals surface area contributed by atoms with Gasteiger partial charge in [-0.3, -0.25) is 4.79 Å². The number of benzene rings is 2. The van der Waals surface area contributed by atoms with E-state index < -0.39 is 11.7 Å². The molecule has 1 fully saturated rings. The maximum absolute atomic E-state index is 12.9. The van der Waals surface area contributed by atoms with Crippen LogP contribution in [-0.2, 0) is 6.18 Å². The van der Waals surface area contributed by atoms with E-state index in [1.807, 2.05) is 24.0 Å². The summed E-state index contributed by atoms with van der Waals surface area (Å²) >= 11 is 0. The molecule has 0 atom stereocenters. The minimum Gasteiger partial charge on any atom is -0.383 e. The Morgan fingerprint density at radius 2 is 1.58 bits per heavy atom. The molecule has 1 aliphatic heterocycles. The fraction of sp³-hybridized carbons (Fsp3) is 0.280. The van der Waals surface area contributed by atoms with Crippen LogP contribution in [-0.4, -0.2) is 34.9 Å². The van der Waals surface area contributed by atoms with Crippen LogP contribution in [0.15, 0.2) is 54.7 Å². The van der Waals surface area contributed by atoms with Gasteiger partial charge in [0.05, 0.1) is 5.56 Å². The molecule has 0 unspecified atom stereocenters. The fourth-order valence-electron chi connectivity index (χ4n) is 4.18. The van der Waals surface area contributed by atoms with Gasteiger partial charge in [-0.15, -0.1) is 0 Å². The highest BCUT2D eigenvalue weighted by atomic mass is 19.4. The number of hydrogen-bond donors (Lipinski definition) is 2. The molecule has 0 radical (unpaired) electrons. The van der Waals surface area contributed by atoms with Crippen molar-refractivity contribution in [3.8, 4) is 22.3 Å². The number of piperidine rings is 1. The standard InChI is InChI=1S/C25H25F3N4O/c1-15-21(14-31-23(30)22(15)17-6-8-19(9-7-17)25(26,27)28)16-2-4-18(5-3-16)24(33)32-12-10-20(29)11-13-32/h2-9,14,20H,10-13,29H2,1H3,(H2,30,31). The molecule has 0 aliphatic carbocycles. The Balaban J connectivity index is 1.62. The first-order valence-corrected chi connectivity index (χ1v) is 10.7. The number of carbonyl (C=O) groups is 1. The third kappa shape index (κ3) is 4.71. The van der Waals surface area contributed by atoms with Crippen molar-refractivity contribution in [1.82, 2.24) is 9.88 Å². The number of nitrogens with zero attached hydrogens (tertiary/aromatic N) is 2. The van der Waals surface area contributed by atoms with Gasteiger partial charge in [0, 0.05) is 42.0 Å². The van der Waals surface area contributed by atoms with E-state index in [4.69, 9.17) is 11.5 Å². The second-order valence-corrected chi connectivity index (χ2v) is 8.34. The van der Waals surface area contributed by atoms with Crippen molar-refractivity contribution >= 4 is 11.7 Å². The number of anilines is 1. The molecular formula is C25H25F3N4O. The number of nitrogen functional groups attached to an aromatic ring is 1. The second-order valence-electron chi connectivity index (χ2n) is 8.34. The number of pyridine rings is 1. The molecular weight excluding hydrogens is 429 g/mol. The van der Waals surface area contributed by atoms with Crippen LogP contribution in [0.5, 0.6) is 0 Å². The quantitative estimate of drug-likeness (QED) is 0.590. The maximum atomic E-state index is 12.9. The fourth-order valence-corrected chi connectivity index (χ4v) is 4.18. The molecule has 0 saturated carbocycles. The lowest BCUT2D eigenvalue weighted by Crippen LogP contribution is -2.42. The Morgan fingerprint density at radius 1 is 1.00 bits per heavy atom. The minimum atomic E-state index is -4.40. The summed E-state index contributed by atoms with van der Waals surface area (Å²) in [5.74, 6) is 0.220. The first kappa shape index (κ1) is 22.8. The molecule has 5 nitrogen and oxygen atoms in total. The van der Waals surface area contributed by atoms with E-state index in [9.17, 15) is 18.0 Å². The zero-order valence-corrected chi connectivity index (χ0v) is 18.2. The largest absolute Gasteiger partial charge is 0.416 e. The molecule has 1 aliphatic rings. The smallest absolute Gasteiger partial charge is 0.383 e. The van der Waals surface area contributed by atoms with Crippen molar-refractivity contribution < 1.29 is 18.0 Å². The summed E-state index contributed by atoms with van der Waals surface area (Å²) in [6.07, 6.45) is -1.17. The van der Waals surface area contributed by atoms with Crippen molar-refractivity contribution in [1.29, 1.82) is 0 Å². The summed E-state index contributed by atoms with van der Waals surface area (Å²) in [5, 5.41) is 0. The highest BCUT2D eigenvalue weighted by molar-refractivity contribution is 5.95. The number of aromatic nitrogens is 1. The van der Waals surface area contributed by atoms with Gasteiger partial charge in [-0.05, 0) is 60.7 Å². The van der Waals surface area contributed by atoms with E-state index in [0.717, 1.165) is 41.7 Å². The van der Waals surface area contributed by atoms with Crippen LogP contribution in [0.2, 0.25) is 0 Å². The Morgan fingerprint density at radius 3 is 2.15 bits per heavy atom. The van der Waals surface area contributed by atoms with Gasteiger partial charge in [-0.2, -0.15) is 13.2 Å². The molecule has 4 rings (SSSR count). The van der Waals surface area contributed by atoms with Gasteiger partial charge < -0.3 is 16.4 Å². The van der Waals surface area contributed by atoms with E-state index in [-0.39, 0.29) is 17.8 Å². The van der Waals surface area contributed by atoms with Gasteiger partial charge in [0.2, 0.25) is 0 Å². The summed E-state index contributed by atoms with van der Waals surface area (Å²) in [7, 11) is 0. The zero-order valence-electron chi connectivity index (χ0n) is 18.2. The summed E-state index contributed by atoms with van der Waals surface area (Å²) in [6.45, 7) is 3.16. The van der Waals surface area contributed by atoms with Crippen LogP contribution in [0.4, 0.5) is 19.0 Å². The van der Waals surface area contributed by atoms with E-state index in [1.165, 1.54) is 12.1 Å². The van der Waals surface area contributed by atoms with Gasteiger partial charge in [-0.25, -0.2) is 4.98 Å². The summed E-state index contributed by atoms with van der Waals surface area (Å²) in [6, 6.07) is 12.3. The van der Waals surface area contributed by atoms with Crippen molar-refractivity contribution in [2.45, 2.75) is 32.0 Å². The summed E-state index contributed by atoms with van der Waals surface area (Å²) in [4.78, 5) is 18.9. The van der Waals surface area contributed by atoms with Crippen LogP contribution in [0, 0.1) is 6.92 Å². The highest BCUT2D eigenvalue weighted by Crippen LogP contribution is 2.36. The van der Waals surface area contributed by atoms with Crippen molar-refractivity contribution in [2.24, 2.45) is 5.73 Å². The number of likely N-dealkylation sites (tertiary alicyclic amines) is 1. The predicted molar refractivity (Wildman–Crippen MR) is 122 cm³/mol. The number of amides is 1. The average molecular weight is 454 g/mol. The average Bonchev–Trinajstić information content (AvgIpc) is 2.79. The topological polar surface area (TPSA) is 85.2 Å². The Hall–Kier alpha value is -3.39. The molecule has 172 valence electrons. The van der Waals surface area contributed by atoms with Crippen LogP contribution in [0.1, 0.15) is 34.3 Å². The first-order chi connectivity index (χ1) is 15.6. The van der Waals surface area contributed by atoms with Crippen molar-refractivity contribution in [3.05, 3.63) is 71.4 Å². The normalized spacial score (nSPS) is 15.0. The lowest BCUT2D eigenvalue weighted by Gasteiger charge is -2.30. The monoisotopic (exact) mass is 454 g/mol. The van der Waals surface area contributed by atoms with Gasteiger partial charge >= 0.3 is 6.18 Å². The molecule has 2 heterocycles. The lowest BCUT2D eigenvalue weighted by atomic mass is 9.93. The molecule has 1 saturated heterocycles. The van der Waals surface area contributed by atoms with E-state index in [0.29, 0.717) is 29.8 Å². The Bertz CT molecular complexity index is 1150. The molecule has 8 heteroatoms. The zero-order chi connectivity index (χ0) is 23.8. The van der Waals surface area contributed by atoms with Gasteiger partial charge in [-0.1, -0.05) is 24.3 Å². The number of hydrogen-bond acceptors (Lipinski definition) is 4. The van der Waals surface area contributed by atoms with E-state index in [2.05, 4.69) is 4.98 Å². The van der Waals surface area contributed by atoms with Gasteiger partial charge in [0.25, 0.3) is 5.91 Å². The Labute approximate surface area is 190 Å². The molecule has 0 spiro atoms. The first-order valence-electron chi connectivity index (χ1n) is 10.7. The number of rotatable bonds is 3. The van der Waals surface area contributed by atoms with Gasteiger partial charge in [0.1, 0.15) is 5.82 Å². The van der Waals surface area contributed by atoms with Crippen molar-refractivity contribution in [2.75, 3.05) is 18.8 Å². The number of halogens is 3. The van der Waals surface area contributed by atoms with Crippen LogP contribution >= 0.6 is 0 Å². The number of alkyl halides is 3. The predicted octanol–water partition coefficient (Wildman–Crippen LogP) is 4.89. The SMILES string of the molecule is Cc1c(-c2ccc(C(=O)N3CCC(N)CC3)cc2)cnc(N)c1-c1ccc(C(F)(F)F)cc1. The molecule has 3 aromatic rings.